The number of rotatable bonds is 5. The smallest absolute Gasteiger partial charge is 0.326 e. The Morgan fingerprint density at radius 3 is 2.58 bits per heavy atom. The summed E-state index contributed by atoms with van der Waals surface area (Å²) in [5.41, 5.74) is 0.637. The largest absolute Gasteiger partial charge is 0.480 e. The summed E-state index contributed by atoms with van der Waals surface area (Å²) < 4.78 is 0.993. The van der Waals surface area contributed by atoms with Crippen LogP contribution in [0.2, 0.25) is 0 Å². The Balaban J connectivity index is 2.60. The number of anilines is 1. The predicted octanol–water partition coefficient (Wildman–Crippen LogP) is 2.91. The summed E-state index contributed by atoms with van der Waals surface area (Å²) in [6, 6.07) is 5.90. The Morgan fingerprint density at radius 1 is 1.37 bits per heavy atom. The summed E-state index contributed by atoms with van der Waals surface area (Å²) in [7, 11) is 0. The molecule has 1 aromatic carbocycles. The average molecular weight is 376 g/mol. The van der Waals surface area contributed by atoms with E-state index in [0.717, 1.165) is 3.57 Å². The second kappa shape index (κ2) is 7.32. The molecule has 0 aliphatic rings. The number of hydrogen-bond acceptors (Lipinski definition) is 2. The lowest BCUT2D eigenvalue weighted by molar-refractivity contribution is -0.139. The van der Waals surface area contributed by atoms with Crippen LogP contribution in [0.15, 0.2) is 24.3 Å². The van der Waals surface area contributed by atoms with Gasteiger partial charge in [-0.3, -0.25) is 0 Å². The standard InChI is InChI=1S/C13H17IN2O3/c1-8(2)6-11(12(17)18)16-13(19)15-10-5-3-4-9(14)7-10/h3-5,7-8,11H,6H2,1-2H3,(H,17,18)(H2,15,16,19)/t11-/m0/s1. The van der Waals surface area contributed by atoms with Gasteiger partial charge >= 0.3 is 12.0 Å². The molecule has 1 rings (SSSR count). The SMILES string of the molecule is CC(C)C[C@H](NC(=O)Nc1cccc(I)c1)C(=O)O. The Kier molecular flexibility index (Phi) is 6.07. The number of carboxylic acid groups (broad SMARTS) is 1. The molecule has 0 aliphatic carbocycles. The lowest BCUT2D eigenvalue weighted by Crippen LogP contribution is -2.43. The van der Waals surface area contributed by atoms with E-state index < -0.39 is 18.0 Å². The van der Waals surface area contributed by atoms with Crippen LogP contribution in [0, 0.1) is 9.49 Å². The summed E-state index contributed by atoms with van der Waals surface area (Å²) in [6.45, 7) is 3.82. The number of carbonyl (C=O) groups is 2. The molecule has 19 heavy (non-hydrogen) atoms. The Labute approximate surface area is 125 Å². The van der Waals surface area contributed by atoms with Crippen LogP contribution < -0.4 is 10.6 Å². The van der Waals surface area contributed by atoms with Crippen LogP contribution >= 0.6 is 22.6 Å². The number of carboxylic acids is 1. The van der Waals surface area contributed by atoms with Crippen molar-refractivity contribution in [3.8, 4) is 0 Å². The third kappa shape index (κ3) is 5.91. The van der Waals surface area contributed by atoms with Crippen LogP contribution in [0.5, 0.6) is 0 Å². The zero-order chi connectivity index (χ0) is 14.4. The highest BCUT2D eigenvalue weighted by Gasteiger charge is 2.20. The molecule has 0 bridgehead atoms. The van der Waals surface area contributed by atoms with Crippen LogP contribution in [0.4, 0.5) is 10.5 Å². The molecule has 1 aromatic rings. The molecule has 0 saturated carbocycles. The topological polar surface area (TPSA) is 78.4 Å². The van der Waals surface area contributed by atoms with E-state index in [4.69, 9.17) is 5.11 Å². The van der Waals surface area contributed by atoms with Crippen molar-refractivity contribution in [2.75, 3.05) is 5.32 Å². The number of hydrogen-bond donors (Lipinski definition) is 3. The average Bonchev–Trinajstić information content (AvgIpc) is 2.27. The van der Waals surface area contributed by atoms with E-state index in [-0.39, 0.29) is 5.92 Å². The normalized spacial score (nSPS) is 12.0. The fraction of sp³-hybridized carbons (Fsp3) is 0.385. The summed E-state index contributed by atoms with van der Waals surface area (Å²) in [6.07, 6.45) is 0.398. The van der Waals surface area contributed by atoms with E-state index in [0.29, 0.717) is 12.1 Å². The van der Waals surface area contributed by atoms with Gasteiger partial charge in [0.1, 0.15) is 6.04 Å². The van der Waals surface area contributed by atoms with Gasteiger partial charge < -0.3 is 15.7 Å². The van der Waals surface area contributed by atoms with E-state index >= 15 is 0 Å². The Hall–Kier alpha value is -1.31. The fourth-order valence-corrected chi connectivity index (χ4v) is 2.13. The van der Waals surface area contributed by atoms with Crippen molar-refractivity contribution in [2.45, 2.75) is 26.3 Å². The number of urea groups is 1. The first-order valence-corrected chi connectivity index (χ1v) is 7.02. The minimum absolute atomic E-state index is 0.194. The zero-order valence-electron chi connectivity index (χ0n) is 10.8. The third-order valence-electron chi connectivity index (χ3n) is 2.39. The molecule has 0 saturated heterocycles. The first-order chi connectivity index (χ1) is 8.88. The Morgan fingerprint density at radius 2 is 2.05 bits per heavy atom. The van der Waals surface area contributed by atoms with Gasteiger partial charge in [-0.05, 0) is 53.1 Å². The number of nitrogens with one attached hydrogen (secondary N) is 2. The molecular weight excluding hydrogens is 359 g/mol. The molecule has 0 spiro atoms. The van der Waals surface area contributed by atoms with Crippen LogP contribution in [0.1, 0.15) is 20.3 Å². The minimum Gasteiger partial charge on any atom is -0.480 e. The van der Waals surface area contributed by atoms with Gasteiger partial charge in [-0.25, -0.2) is 9.59 Å². The fourth-order valence-electron chi connectivity index (χ4n) is 1.58. The zero-order valence-corrected chi connectivity index (χ0v) is 13.0. The van der Waals surface area contributed by atoms with Crippen molar-refractivity contribution in [1.29, 1.82) is 0 Å². The van der Waals surface area contributed by atoms with Crippen molar-refractivity contribution in [3.63, 3.8) is 0 Å². The maximum atomic E-state index is 11.7. The monoisotopic (exact) mass is 376 g/mol. The third-order valence-corrected chi connectivity index (χ3v) is 3.06. The van der Waals surface area contributed by atoms with Crippen LogP contribution in [0.25, 0.3) is 0 Å². The van der Waals surface area contributed by atoms with Gasteiger partial charge in [-0.15, -0.1) is 0 Å². The quantitative estimate of drug-likeness (QED) is 0.692. The summed E-state index contributed by atoms with van der Waals surface area (Å²) in [4.78, 5) is 22.8. The van der Waals surface area contributed by atoms with Gasteiger partial charge in [0.15, 0.2) is 0 Å². The number of halogens is 1. The second-order valence-electron chi connectivity index (χ2n) is 4.63. The van der Waals surface area contributed by atoms with E-state index in [2.05, 4.69) is 33.2 Å². The first kappa shape index (κ1) is 15.7. The highest BCUT2D eigenvalue weighted by atomic mass is 127. The molecule has 0 fully saturated rings. The van der Waals surface area contributed by atoms with Gasteiger partial charge in [0.05, 0.1) is 0 Å². The lowest BCUT2D eigenvalue weighted by atomic mass is 10.0. The first-order valence-electron chi connectivity index (χ1n) is 5.94. The van der Waals surface area contributed by atoms with Gasteiger partial charge in [-0.1, -0.05) is 19.9 Å². The second-order valence-corrected chi connectivity index (χ2v) is 5.87. The molecule has 3 N–H and O–H groups in total. The van der Waals surface area contributed by atoms with E-state index in [9.17, 15) is 9.59 Å². The number of amides is 2. The van der Waals surface area contributed by atoms with Crippen LogP contribution in [-0.4, -0.2) is 23.1 Å². The van der Waals surface area contributed by atoms with Crippen molar-refractivity contribution < 1.29 is 14.7 Å². The maximum Gasteiger partial charge on any atom is 0.326 e. The van der Waals surface area contributed by atoms with Crippen molar-refractivity contribution in [3.05, 3.63) is 27.8 Å². The molecule has 1 atom stereocenters. The van der Waals surface area contributed by atoms with Crippen molar-refractivity contribution in [1.82, 2.24) is 5.32 Å². The predicted molar refractivity (Wildman–Crippen MR) is 82.2 cm³/mol. The molecule has 0 aliphatic heterocycles. The molecule has 5 nitrogen and oxygen atoms in total. The van der Waals surface area contributed by atoms with Gasteiger partial charge in [0.2, 0.25) is 0 Å². The van der Waals surface area contributed by atoms with Crippen molar-refractivity contribution in [2.24, 2.45) is 5.92 Å². The number of carbonyl (C=O) groups excluding carboxylic acids is 1. The minimum atomic E-state index is -1.02. The summed E-state index contributed by atoms with van der Waals surface area (Å²) >= 11 is 2.14. The van der Waals surface area contributed by atoms with E-state index in [1.165, 1.54) is 0 Å². The molecule has 104 valence electrons. The molecular formula is C13H17IN2O3. The maximum absolute atomic E-state index is 11.7. The molecule has 0 aromatic heterocycles. The number of benzene rings is 1. The van der Waals surface area contributed by atoms with E-state index in [1.54, 1.807) is 12.1 Å². The molecule has 6 heteroatoms. The van der Waals surface area contributed by atoms with Gasteiger partial charge in [0, 0.05) is 9.26 Å². The molecule has 0 radical (unpaired) electrons. The van der Waals surface area contributed by atoms with Gasteiger partial charge in [-0.2, -0.15) is 0 Å². The number of aliphatic carboxylic acids is 1. The van der Waals surface area contributed by atoms with E-state index in [1.807, 2.05) is 26.0 Å². The van der Waals surface area contributed by atoms with Crippen LogP contribution in [-0.2, 0) is 4.79 Å². The Bertz CT molecular complexity index is 463. The highest BCUT2D eigenvalue weighted by Crippen LogP contribution is 2.12. The molecule has 0 heterocycles. The van der Waals surface area contributed by atoms with Gasteiger partial charge in [0.25, 0.3) is 0 Å². The molecule has 2 amide bonds. The summed E-state index contributed by atoms with van der Waals surface area (Å²) in [5, 5.41) is 14.1. The van der Waals surface area contributed by atoms with Crippen LogP contribution in [0.3, 0.4) is 0 Å². The lowest BCUT2D eigenvalue weighted by Gasteiger charge is -2.17. The molecule has 0 unspecified atom stereocenters. The highest BCUT2D eigenvalue weighted by molar-refractivity contribution is 14.1. The summed E-state index contributed by atoms with van der Waals surface area (Å²) in [5.74, 6) is -0.828. The van der Waals surface area contributed by atoms with Crippen molar-refractivity contribution >= 4 is 40.3 Å².